The number of nitrogens with zero attached hydrogens (tertiary/aromatic N) is 1. The summed E-state index contributed by atoms with van der Waals surface area (Å²) in [5.41, 5.74) is 4.71. The summed E-state index contributed by atoms with van der Waals surface area (Å²) in [4.78, 5) is 0. The minimum Gasteiger partial charge on any atom is -0.381 e. The summed E-state index contributed by atoms with van der Waals surface area (Å²) in [5, 5.41) is 10.4. The fourth-order valence-corrected chi connectivity index (χ4v) is 2.25. The van der Waals surface area contributed by atoms with Gasteiger partial charge >= 0.3 is 0 Å². The van der Waals surface area contributed by atoms with E-state index in [4.69, 9.17) is 0 Å². The maximum absolute atomic E-state index is 13.3. The summed E-state index contributed by atoms with van der Waals surface area (Å²) >= 11 is 0. The first-order valence-corrected chi connectivity index (χ1v) is 6.82. The molecule has 3 nitrogen and oxygen atoms in total. The second-order valence-electron chi connectivity index (χ2n) is 4.95. The molecule has 3 aromatic rings. The molecule has 0 radical (unpaired) electrons. The molecular formula is C17H16FN3. The standard InChI is InChI=1S/C17H16FN3/c1-12-9-15(7-8-16(12)18)19-10-14-11-20-21-17(14)13-5-3-2-4-6-13/h2-9,11,19H,10H2,1H3,(H,20,21). The van der Waals surface area contributed by atoms with E-state index in [-0.39, 0.29) is 5.82 Å². The Balaban J connectivity index is 1.77. The Hall–Kier alpha value is -2.62. The lowest BCUT2D eigenvalue weighted by Crippen LogP contribution is -2.00. The maximum atomic E-state index is 13.3. The van der Waals surface area contributed by atoms with Crippen molar-refractivity contribution in [1.82, 2.24) is 10.2 Å². The molecule has 0 saturated heterocycles. The number of hydrogen-bond donors (Lipinski definition) is 2. The molecule has 1 heterocycles. The van der Waals surface area contributed by atoms with E-state index in [2.05, 4.69) is 15.5 Å². The van der Waals surface area contributed by atoms with Gasteiger partial charge in [0.25, 0.3) is 0 Å². The van der Waals surface area contributed by atoms with Crippen LogP contribution in [0.4, 0.5) is 10.1 Å². The fourth-order valence-electron chi connectivity index (χ4n) is 2.25. The molecule has 0 fully saturated rings. The molecule has 0 spiro atoms. The number of H-pyrrole nitrogens is 1. The number of halogens is 1. The Kier molecular flexibility index (Phi) is 3.69. The average molecular weight is 281 g/mol. The number of anilines is 1. The molecule has 21 heavy (non-hydrogen) atoms. The van der Waals surface area contributed by atoms with Gasteiger partial charge in [0.1, 0.15) is 5.82 Å². The monoisotopic (exact) mass is 281 g/mol. The van der Waals surface area contributed by atoms with E-state index in [1.807, 2.05) is 36.5 Å². The van der Waals surface area contributed by atoms with Crippen LogP contribution in [0.1, 0.15) is 11.1 Å². The van der Waals surface area contributed by atoms with Crippen molar-refractivity contribution in [2.75, 3.05) is 5.32 Å². The Morgan fingerprint density at radius 2 is 1.95 bits per heavy atom. The van der Waals surface area contributed by atoms with E-state index in [0.29, 0.717) is 12.1 Å². The quantitative estimate of drug-likeness (QED) is 0.754. The van der Waals surface area contributed by atoms with Crippen LogP contribution in [0.5, 0.6) is 0 Å². The van der Waals surface area contributed by atoms with Crippen LogP contribution in [0.15, 0.2) is 54.7 Å². The first kappa shape index (κ1) is 13.4. The molecule has 0 bridgehead atoms. The van der Waals surface area contributed by atoms with E-state index in [9.17, 15) is 4.39 Å². The average Bonchev–Trinajstić information content (AvgIpc) is 2.98. The van der Waals surface area contributed by atoms with E-state index in [0.717, 1.165) is 22.5 Å². The molecule has 106 valence electrons. The third-order valence-electron chi connectivity index (χ3n) is 3.42. The molecule has 0 atom stereocenters. The number of nitrogens with one attached hydrogen (secondary N) is 2. The van der Waals surface area contributed by atoms with Crippen molar-refractivity contribution in [3.05, 3.63) is 71.7 Å². The van der Waals surface area contributed by atoms with Gasteiger partial charge in [-0.2, -0.15) is 5.10 Å². The molecule has 2 aromatic carbocycles. The van der Waals surface area contributed by atoms with Crippen molar-refractivity contribution in [1.29, 1.82) is 0 Å². The van der Waals surface area contributed by atoms with Gasteiger partial charge in [-0.25, -0.2) is 4.39 Å². The summed E-state index contributed by atoms with van der Waals surface area (Å²) in [6, 6.07) is 15.1. The van der Waals surface area contributed by atoms with Crippen LogP contribution in [0.2, 0.25) is 0 Å². The van der Waals surface area contributed by atoms with Crippen LogP contribution in [-0.4, -0.2) is 10.2 Å². The Morgan fingerprint density at radius 3 is 2.71 bits per heavy atom. The first-order valence-electron chi connectivity index (χ1n) is 6.82. The third-order valence-corrected chi connectivity index (χ3v) is 3.42. The first-order chi connectivity index (χ1) is 10.2. The largest absolute Gasteiger partial charge is 0.381 e. The van der Waals surface area contributed by atoms with Crippen LogP contribution in [0.3, 0.4) is 0 Å². The molecule has 0 amide bonds. The highest BCUT2D eigenvalue weighted by Gasteiger charge is 2.07. The second kappa shape index (κ2) is 5.79. The Labute approximate surface area is 122 Å². The minimum atomic E-state index is -0.186. The summed E-state index contributed by atoms with van der Waals surface area (Å²) < 4.78 is 13.3. The third kappa shape index (κ3) is 2.94. The minimum absolute atomic E-state index is 0.186. The van der Waals surface area contributed by atoms with E-state index in [1.165, 1.54) is 6.07 Å². The highest BCUT2D eigenvalue weighted by Crippen LogP contribution is 2.22. The summed E-state index contributed by atoms with van der Waals surface area (Å²) in [6.45, 7) is 2.39. The molecular weight excluding hydrogens is 265 g/mol. The molecule has 4 heteroatoms. The van der Waals surface area contributed by atoms with Gasteiger partial charge in [0, 0.05) is 17.8 Å². The van der Waals surface area contributed by atoms with Crippen LogP contribution in [0, 0.1) is 12.7 Å². The van der Waals surface area contributed by atoms with Crippen molar-refractivity contribution in [2.45, 2.75) is 13.5 Å². The molecule has 2 N–H and O–H groups in total. The molecule has 0 unspecified atom stereocenters. The Bertz CT molecular complexity index is 735. The van der Waals surface area contributed by atoms with Gasteiger partial charge in [-0.3, -0.25) is 5.10 Å². The Morgan fingerprint density at radius 1 is 1.14 bits per heavy atom. The lowest BCUT2D eigenvalue weighted by atomic mass is 10.1. The lowest BCUT2D eigenvalue weighted by Gasteiger charge is -2.08. The summed E-state index contributed by atoms with van der Waals surface area (Å²) in [5.74, 6) is -0.186. The predicted molar refractivity (Wildman–Crippen MR) is 82.5 cm³/mol. The molecule has 3 rings (SSSR count). The number of aromatic nitrogens is 2. The number of aryl methyl sites for hydroxylation is 1. The molecule has 0 aliphatic rings. The van der Waals surface area contributed by atoms with Gasteiger partial charge in [-0.05, 0) is 36.2 Å². The molecule has 1 aromatic heterocycles. The topological polar surface area (TPSA) is 40.7 Å². The fraction of sp³-hybridized carbons (Fsp3) is 0.118. The summed E-state index contributed by atoms with van der Waals surface area (Å²) in [6.07, 6.45) is 1.81. The van der Waals surface area contributed by atoms with Crippen molar-refractivity contribution in [2.24, 2.45) is 0 Å². The van der Waals surface area contributed by atoms with Crippen LogP contribution in [0.25, 0.3) is 11.3 Å². The van der Waals surface area contributed by atoms with Crippen molar-refractivity contribution < 1.29 is 4.39 Å². The van der Waals surface area contributed by atoms with Crippen molar-refractivity contribution in [3.8, 4) is 11.3 Å². The van der Waals surface area contributed by atoms with Gasteiger partial charge in [0.05, 0.1) is 11.9 Å². The molecule has 0 aliphatic carbocycles. The highest BCUT2D eigenvalue weighted by molar-refractivity contribution is 5.63. The van der Waals surface area contributed by atoms with Crippen molar-refractivity contribution >= 4 is 5.69 Å². The number of benzene rings is 2. The normalized spacial score (nSPS) is 10.6. The molecule has 0 saturated carbocycles. The van der Waals surface area contributed by atoms with E-state index in [1.54, 1.807) is 19.1 Å². The van der Waals surface area contributed by atoms with Crippen LogP contribution in [-0.2, 0) is 6.54 Å². The number of hydrogen-bond acceptors (Lipinski definition) is 2. The molecule has 0 aliphatic heterocycles. The van der Waals surface area contributed by atoms with Gasteiger partial charge in [-0.15, -0.1) is 0 Å². The van der Waals surface area contributed by atoms with Crippen molar-refractivity contribution in [3.63, 3.8) is 0 Å². The highest BCUT2D eigenvalue weighted by atomic mass is 19.1. The summed E-state index contributed by atoms with van der Waals surface area (Å²) in [7, 11) is 0. The second-order valence-corrected chi connectivity index (χ2v) is 4.95. The number of rotatable bonds is 4. The maximum Gasteiger partial charge on any atom is 0.126 e. The zero-order chi connectivity index (χ0) is 14.7. The number of aromatic amines is 1. The van der Waals surface area contributed by atoms with Gasteiger partial charge in [0.2, 0.25) is 0 Å². The zero-order valence-corrected chi connectivity index (χ0v) is 11.7. The SMILES string of the molecule is Cc1cc(NCc2cn[nH]c2-c2ccccc2)ccc1F. The predicted octanol–water partition coefficient (Wildman–Crippen LogP) is 4.14. The van der Waals surface area contributed by atoms with Gasteiger partial charge in [0.15, 0.2) is 0 Å². The lowest BCUT2D eigenvalue weighted by molar-refractivity contribution is 0.618. The van der Waals surface area contributed by atoms with E-state index < -0.39 is 0 Å². The van der Waals surface area contributed by atoms with Gasteiger partial charge in [-0.1, -0.05) is 30.3 Å². The smallest absolute Gasteiger partial charge is 0.126 e. The van der Waals surface area contributed by atoms with Gasteiger partial charge < -0.3 is 5.32 Å². The van der Waals surface area contributed by atoms with E-state index >= 15 is 0 Å². The van der Waals surface area contributed by atoms with Crippen LogP contribution >= 0.6 is 0 Å². The van der Waals surface area contributed by atoms with Crippen LogP contribution < -0.4 is 5.32 Å². The zero-order valence-electron chi connectivity index (χ0n) is 11.7.